The van der Waals surface area contributed by atoms with Crippen molar-refractivity contribution in [2.24, 2.45) is 0 Å². The largest absolute Gasteiger partial charge is 0.491 e. The molecule has 1 unspecified atom stereocenters. The fraction of sp³-hybridized carbons (Fsp3) is 0.217. The zero-order valence-electron chi connectivity index (χ0n) is 16.5. The van der Waals surface area contributed by atoms with Crippen molar-refractivity contribution in [1.82, 2.24) is 9.97 Å². The highest BCUT2D eigenvalue weighted by atomic mass is 19.1. The molecular formula is C23H22FN3O3. The third-order valence-corrected chi connectivity index (χ3v) is 4.57. The van der Waals surface area contributed by atoms with Crippen molar-refractivity contribution in [3.05, 3.63) is 60.8 Å². The average Bonchev–Trinajstić information content (AvgIpc) is 3.22. The van der Waals surface area contributed by atoms with Crippen LogP contribution in [0.25, 0.3) is 33.7 Å². The van der Waals surface area contributed by atoms with E-state index in [1.165, 1.54) is 0 Å². The van der Waals surface area contributed by atoms with Gasteiger partial charge in [0.2, 0.25) is 5.89 Å². The smallest absolute Gasteiger partial charge is 0.227 e. The molecule has 4 aromatic rings. The maximum atomic E-state index is 12.4. The highest BCUT2D eigenvalue weighted by Crippen LogP contribution is 2.29. The summed E-state index contributed by atoms with van der Waals surface area (Å²) in [4.78, 5) is 8.92. The van der Waals surface area contributed by atoms with E-state index in [1.807, 2.05) is 49.5 Å². The summed E-state index contributed by atoms with van der Waals surface area (Å²) in [6, 6.07) is 17.1. The Morgan fingerprint density at radius 2 is 1.83 bits per heavy atom. The highest BCUT2D eigenvalue weighted by Gasteiger charge is 2.11. The zero-order chi connectivity index (χ0) is 20.9. The van der Waals surface area contributed by atoms with Gasteiger partial charge in [0.1, 0.15) is 36.5 Å². The molecular weight excluding hydrogens is 385 g/mol. The molecule has 0 amide bonds. The van der Waals surface area contributed by atoms with E-state index in [9.17, 15) is 9.50 Å². The van der Waals surface area contributed by atoms with Crippen LogP contribution >= 0.6 is 0 Å². The van der Waals surface area contributed by atoms with Crippen LogP contribution in [0, 0.1) is 0 Å². The van der Waals surface area contributed by atoms with Crippen LogP contribution in [0.5, 0.6) is 5.75 Å². The van der Waals surface area contributed by atoms with Crippen LogP contribution in [0.4, 0.5) is 10.2 Å². The maximum Gasteiger partial charge on any atom is 0.227 e. The first kappa shape index (κ1) is 19.8. The minimum atomic E-state index is -1.14. The Kier molecular flexibility index (Phi) is 5.90. The van der Waals surface area contributed by atoms with E-state index < -0.39 is 12.8 Å². The van der Waals surface area contributed by atoms with Crippen molar-refractivity contribution >= 4 is 16.9 Å². The van der Waals surface area contributed by atoms with Crippen molar-refractivity contribution in [3.63, 3.8) is 0 Å². The van der Waals surface area contributed by atoms with Crippen molar-refractivity contribution in [1.29, 1.82) is 0 Å². The molecule has 6 nitrogen and oxygen atoms in total. The molecule has 4 rings (SSSR count). The van der Waals surface area contributed by atoms with Gasteiger partial charge in [-0.3, -0.25) is 0 Å². The van der Waals surface area contributed by atoms with Crippen LogP contribution in [0.3, 0.4) is 0 Å². The molecule has 0 saturated heterocycles. The lowest BCUT2D eigenvalue weighted by molar-refractivity contribution is 0.0842. The second kappa shape index (κ2) is 8.92. The molecule has 0 spiro atoms. The van der Waals surface area contributed by atoms with Gasteiger partial charge in [0.05, 0.1) is 0 Å². The first-order valence-electron chi connectivity index (χ1n) is 9.74. The number of hydrogen-bond acceptors (Lipinski definition) is 6. The van der Waals surface area contributed by atoms with E-state index in [0.717, 1.165) is 29.1 Å². The minimum Gasteiger partial charge on any atom is -0.491 e. The van der Waals surface area contributed by atoms with Gasteiger partial charge in [-0.05, 0) is 48.9 Å². The van der Waals surface area contributed by atoms with Crippen LogP contribution < -0.4 is 10.1 Å². The van der Waals surface area contributed by atoms with Crippen LogP contribution in [0.2, 0.25) is 0 Å². The molecule has 2 heterocycles. The lowest BCUT2D eigenvalue weighted by Gasteiger charge is -2.08. The van der Waals surface area contributed by atoms with Gasteiger partial charge in [-0.1, -0.05) is 12.1 Å². The fourth-order valence-electron chi connectivity index (χ4n) is 3.01. The Bertz CT molecular complexity index is 1110. The average molecular weight is 407 g/mol. The monoisotopic (exact) mass is 407 g/mol. The molecule has 154 valence electrons. The maximum absolute atomic E-state index is 12.4. The van der Waals surface area contributed by atoms with Crippen LogP contribution in [0.1, 0.15) is 6.92 Å². The molecule has 0 radical (unpaired) electrons. The number of aliphatic hydroxyl groups is 1. The predicted octanol–water partition coefficient (Wildman–Crippen LogP) is 4.70. The number of anilines is 1. The van der Waals surface area contributed by atoms with E-state index in [0.29, 0.717) is 22.7 Å². The van der Waals surface area contributed by atoms with Gasteiger partial charge in [0.15, 0.2) is 5.58 Å². The van der Waals surface area contributed by atoms with Gasteiger partial charge in [-0.25, -0.2) is 14.4 Å². The van der Waals surface area contributed by atoms with Gasteiger partial charge in [0.25, 0.3) is 0 Å². The number of oxazole rings is 1. The number of benzene rings is 2. The first-order chi connectivity index (χ1) is 14.7. The zero-order valence-corrected chi connectivity index (χ0v) is 16.5. The van der Waals surface area contributed by atoms with Crippen LogP contribution in [-0.4, -0.2) is 41.0 Å². The molecule has 0 aliphatic carbocycles. The number of nitrogens with zero attached hydrogens (tertiary/aromatic N) is 2. The Hall–Kier alpha value is -3.45. The lowest BCUT2D eigenvalue weighted by atomic mass is 10.1. The number of alkyl halides is 1. The van der Waals surface area contributed by atoms with E-state index in [4.69, 9.17) is 9.15 Å². The summed E-state index contributed by atoms with van der Waals surface area (Å²) in [6.07, 6.45) is 0.701. The Morgan fingerprint density at radius 1 is 1.07 bits per heavy atom. The quantitative estimate of drug-likeness (QED) is 0.441. The van der Waals surface area contributed by atoms with Crippen LogP contribution in [-0.2, 0) is 0 Å². The molecule has 0 aliphatic rings. The number of aliphatic hydroxyl groups excluding tert-OH is 1. The van der Waals surface area contributed by atoms with Crippen LogP contribution in [0.15, 0.2) is 65.2 Å². The van der Waals surface area contributed by atoms with Gasteiger partial charge >= 0.3 is 0 Å². The Balaban J connectivity index is 1.52. The summed E-state index contributed by atoms with van der Waals surface area (Å²) in [7, 11) is 0. The SMILES string of the molecule is CCNc1ccc(-c2ccc(-c3nc4ccc(OCC(O)CF)cc4o3)cc2)cn1. The fourth-order valence-corrected chi connectivity index (χ4v) is 3.01. The highest BCUT2D eigenvalue weighted by molar-refractivity contribution is 5.78. The summed E-state index contributed by atoms with van der Waals surface area (Å²) in [5, 5.41) is 12.5. The molecule has 2 N–H and O–H groups in total. The van der Waals surface area contributed by atoms with Crippen molar-refractivity contribution < 1.29 is 18.7 Å². The van der Waals surface area contributed by atoms with E-state index in [2.05, 4.69) is 15.3 Å². The second-order valence-corrected chi connectivity index (χ2v) is 6.81. The second-order valence-electron chi connectivity index (χ2n) is 6.81. The molecule has 0 saturated carbocycles. The molecule has 0 bridgehead atoms. The summed E-state index contributed by atoms with van der Waals surface area (Å²) >= 11 is 0. The third-order valence-electron chi connectivity index (χ3n) is 4.57. The topological polar surface area (TPSA) is 80.4 Å². The normalized spacial score (nSPS) is 12.1. The van der Waals surface area contributed by atoms with Gasteiger partial charge in [-0.2, -0.15) is 0 Å². The number of pyridine rings is 1. The molecule has 1 atom stereocenters. The number of rotatable bonds is 8. The molecule has 7 heteroatoms. The van der Waals surface area contributed by atoms with Crippen molar-refractivity contribution in [2.45, 2.75) is 13.0 Å². The number of ether oxygens (including phenoxy) is 1. The van der Waals surface area contributed by atoms with E-state index >= 15 is 0 Å². The molecule has 0 aliphatic heterocycles. The number of fused-ring (bicyclic) bond motifs is 1. The summed E-state index contributed by atoms with van der Waals surface area (Å²) in [5.74, 6) is 1.84. The Labute approximate surface area is 173 Å². The summed E-state index contributed by atoms with van der Waals surface area (Å²) in [5.41, 5.74) is 4.17. The third kappa shape index (κ3) is 4.41. The molecule has 30 heavy (non-hydrogen) atoms. The van der Waals surface area contributed by atoms with Gasteiger partial charge in [-0.15, -0.1) is 0 Å². The summed E-state index contributed by atoms with van der Waals surface area (Å²) < 4.78 is 23.6. The molecule has 2 aromatic carbocycles. The van der Waals surface area contributed by atoms with E-state index in [1.54, 1.807) is 18.2 Å². The van der Waals surface area contributed by atoms with E-state index in [-0.39, 0.29) is 6.61 Å². The van der Waals surface area contributed by atoms with Gasteiger partial charge in [0, 0.05) is 29.9 Å². The summed E-state index contributed by atoms with van der Waals surface area (Å²) in [6.45, 7) is 1.90. The number of aromatic nitrogens is 2. The van der Waals surface area contributed by atoms with Crippen molar-refractivity contribution in [2.75, 3.05) is 25.1 Å². The molecule has 2 aromatic heterocycles. The first-order valence-corrected chi connectivity index (χ1v) is 9.74. The number of hydrogen-bond donors (Lipinski definition) is 2. The predicted molar refractivity (Wildman–Crippen MR) is 114 cm³/mol. The van der Waals surface area contributed by atoms with Gasteiger partial charge < -0.3 is 19.6 Å². The molecule has 0 fully saturated rings. The lowest BCUT2D eigenvalue weighted by Crippen LogP contribution is -2.19. The van der Waals surface area contributed by atoms with Crippen molar-refractivity contribution in [3.8, 4) is 28.3 Å². The standard InChI is InChI=1S/C23H22FN3O3/c1-2-25-22-10-7-17(13-26-22)15-3-5-16(6-4-15)23-27-20-9-8-19(11-21(20)30-23)29-14-18(28)12-24/h3-11,13,18,28H,2,12,14H2,1H3,(H,25,26). The number of halogens is 1. The number of nitrogens with one attached hydrogen (secondary N) is 1. The Morgan fingerprint density at radius 3 is 2.53 bits per heavy atom. The minimum absolute atomic E-state index is 0.116.